The summed E-state index contributed by atoms with van der Waals surface area (Å²) in [5.74, 6) is 0.868. The first-order valence-corrected chi connectivity index (χ1v) is 9.16. The highest BCUT2D eigenvalue weighted by molar-refractivity contribution is 6.16. The van der Waals surface area contributed by atoms with Crippen LogP contribution in [0.4, 0.5) is 0 Å². The van der Waals surface area contributed by atoms with Crippen LogP contribution >= 0.6 is 0 Å². The standard InChI is InChI=1S/C24H15N3O/c1-2-4-21-19(3-1)20-7-5-17-11-14-28-24(17)23(20)27(21)22-8-6-18(15-26-22)16-9-12-25-13-10-16/h1-15H. The van der Waals surface area contributed by atoms with E-state index in [0.29, 0.717) is 0 Å². The molecule has 0 saturated carbocycles. The van der Waals surface area contributed by atoms with E-state index in [1.807, 2.05) is 24.4 Å². The third-order valence-electron chi connectivity index (χ3n) is 5.24. The maximum absolute atomic E-state index is 5.86. The van der Waals surface area contributed by atoms with E-state index in [4.69, 9.17) is 9.40 Å². The molecule has 0 spiro atoms. The lowest BCUT2D eigenvalue weighted by Gasteiger charge is -2.08. The minimum Gasteiger partial charge on any atom is -0.462 e. The molecule has 0 bridgehead atoms. The summed E-state index contributed by atoms with van der Waals surface area (Å²) in [6.45, 7) is 0. The molecule has 4 aromatic heterocycles. The summed E-state index contributed by atoms with van der Waals surface area (Å²) in [6.07, 6.45) is 7.24. The lowest BCUT2D eigenvalue weighted by atomic mass is 10.1. The molecule has 4 nitrogen and oxygen atoms in total. The second kappa shape index (κ2) is 5.79. The van der Waals surface area contributed by atoms with Crippen molar-refractivity contribution in [3.63, 3.8) is 0 Å². The van der Waals surface area contributed by atoms with Crippen molar-refractivity contribution in [3.8, 4) is 16.9 Å². The molecule has 0 radical (unpaired) electrons. The largest absolute Gasteiger partial charge is 0.462 e. The molecular formula is C24H15N3O. The Labute approximate surface area is 160 Å². The summed E-state index contributed by atoms with van der Waals surface area (Å²) in [5, 5.41) is 3.44. The van der Waals surface area contributed by atoms with Gasteiger partial charge < -0.3 is 4.42 Å². The van der Waals surface area contributed by atoms with Crippen LogP contribution in [0.2, 0.25) is 0 Å². The zero-order chi connectivity index (χ0) is 18.5. The molecule has 0 amide bonds. The molecule has 0 aliphatic rings. The van der Waals surface area contributed by atoms with Gasteiger partial charge in [-0.1, -0.05) is 30.3 Å². The van der Waals surface area contributed by atoms with Crippen molar-refractivity contribution in [3.05, 3.63) is 91.6 Å². The topological polar surface area (TPSA) is 43.9 Å². The second-order valence-corrected chi connectivity index (χ2v) is 6.79. The Morgan fingerprint density at radius 3 is 2.50 bits per heavy atom. The van der Waals surface area contributed by atoms with Crippen molar-refractivity contribution in [1.29, 1.82) is 0 Å². The Hall–Kier alpha value is -3.92. The van der Waals surface area contributed by atoms with Gasteiger partial charge in [-0.25, -0.2) is 4.98 Å². The van der Waals surface area contributed by atoms with E-state index < -0.39 is 0 Å². The van der Waals surface area contributed by atoms with Gasteiger partial charge in [-0.15, -0.1) is 0 Å². The molecule has 0 unspecified atom stereocenters. The van der Waals surface area contributed by atoms with Crippen LogP contribution in [-0.2, 0) is 0 Å². The van der Waals surface area contributed by atoms with Gasteiger partial charge in [0.05, 0.1) is 17.3 Å². The fourth-order valence-electron chi connectivity index (χ4n) is 3.94. The van der Waals surface area contributed by atoms with Gasteiger partial charge >= 0.3 is 0 Å². The highest BCUT2D eigenvalue weighted by atomic mass is 16.3. The Balaban J connectivity index is 1.66. The lowest BCUT2D eigenvalue weighted by molar-refractivity contribution is 0.618. The van der Waals surface area contributed by atoms with E-state index in [2.05, 4.69) is 58.1 Å². The predicted octanol–water partition coefficient (Wildman–Crippen LogP) is 5.99. The van der Waals surface area contributed by atoms with Gasteiger partial charge in [0.2, 0.25) is 0 Å². The van der Waals surface area contributed by atoms with Gasteiger partial charge in [0.15, 0.2) is 5.58 Å². The number of fused-ring (bicyclic) bond motifs is 5. The smallest absolute Gasteiger partial charge is 0.158 e. The van der Waals surface area contributed by atoms with Crippen molar-refractivity contribution in [2.24, 2.45) is 0 Å². The van der Waals surface area contributed by atoms with Crippen LogP contribution in [0.1, 0.15) is 0 Å². The maximum atomic E-state index is 5.86. The Morgan fingerprint density at radius 2 is 1.64 bits per heavy atom. The fraction of sp³-hybridized carbons (Fsp3) is 0. The molecule has 0 fully saturated rings. The highest BCUT2D eigenvalue weighted by Crippen LogP contribution is 2.36. The van der Waals surface area contributed by atoms with Gasteiger partial charge in [0.25, 0.3) is 0 Å². The van der Waals surface area contributed by atoms with E-state index in [9.17, 15) is 0 Å². The average molecular weight is 361 g/mol. The van der Waals surface area contributed by atoms with Crippen molar-refractivity contribution < 1.29 is 4.42 Å². The van der Waals surface area contributed by atoms with Crippen molar-refractivity contribution in [2.45, 2.75) is 0 Å². The third kappa shape index (κ3) is 2.12. The van der Waals surface area contributed by atoms with E-state index >= 15 is 0 Å². The summed E-state index contributed by atoms with van der Waals surface area (Å²) in [7, 11) is 0. The number of furan rings is 1. The number of hydrogen-bond acceptors (Lipinski definition) is 3. The van der Waals surface area contributed by atoms with Crippen LogP contribution in [0, 0.1) is 0 Å². The van der Waals surface area contributed by atoms with E-state index in [0.717, 1.165) is 44.3 Å². The fourth-order valence-corrected chi connectivity index (χ4v) is 3.94. The van der Waals surface area contributed by atoms with E-state index in [1.165, 1.54) is 5.39 Å². The monoisotopic (exact) mass is 361 g/mol. The molecule has 0 atom stereocenters. The van der Waals surface area contributed by atoms with Gasteiger partial charge in [0.1, 0.15) is 5.82 Å². The Bertz CT molecular complexity index is 1440. The number of rotatable bonds is 2. The van der Waals surface area contributed by atoms with Crippen LogP contribution in [0.3, 0.4) is 0 Å². The molecule has 2 aromatic carbocycles. The van der Waals surface area contributed by atoms with Crippen LogP contribution in [-0.4, -0.2) is 14.5 Å². The summed E-state index contributed by atoms with van der Waals surface area (Å²) < 4.78 is 8.05. The first-order chi connectivity index (χ1) is 13.9. The summed E-state index contributed by atoms with van der Waals surface area (Å²) in [5.41, 5.74) is 5.21. The molecule has 4 heterocycles. The molecule has 4 heteroatoms. The van der Waals surface area contributed by atoms with Gasteiger partial charge in [-0.05, 0) is 42.0 Å². The van der Waals surface area contributed by atoms with Gasteiger partial charge in [-0.3, -0.25) is 9.55 Å². The number of benzene rings is 2. The lowest BCUT2D eigenvalue weighted by Crippen LogP contribution is -1.97. The quantitative estimate of drug-likeness (QED) is 0.381. The molecule has 28 heavy (non-hydrogen) atoms. The average Bonchev–Trinajstić information content (AvgIpc) is 3.37. The van der Waals surface area contributed by atoms with Crippen LogP contribution < -0.4 is 0 Å². The summed E-state index contributed by atoms with van der Waals surface area (Å²) in [6, 6.07) is 22.8. The molecule has 0 aliphatic carbocycles. The van der Waals surface area contributed by atoms with Crippen LogP contribution in [0.25, 0.3) is 49.7 Å². The van der Waals surface area contributed by atoms with Crippen molar-refractivity contribution in [1.82, 2.24) is 14.5 Å². The molecule has 6 rings (SSSR count). The number of nitrogens with zero attached hydrogens (tertiary/aromatic N) is 3. The van der Waals surface area contributed by atoms with Crippen molar-refractivity contribution in [2.75, 3.05) is 0 Å². The number of para-hydroxylation sites is 1. The van der Waals surface area contributed by atoms with Gasteiger partial charge in [0, 0.05) is 40.3 Å². The van der Waals surface area contributed by atoms with E-state index in [-0.39, 0.29) is 0 Å². The zero-order valence-electron chi connectivity index (χ0n) is 14.9. The molecular weight excluding hydrogens is 346 g/mol. The second-order valence-electron chi connectivity index (χ2n) is 6.79. The first kappa shape index (κ1) is 15.2. The summed E-state index contributed by atoms with van der Waals surface area (Å²) >= 11 is 0. The number of pyridine rings is 2. The Morgan fingerprint density at radius 1 is 0.750 bits per heavy atom. The molecule has 0 aliphatic heterocycles. The SMILES string of the molecule is c1ccc2c(c1)c1ccc3ccoc3c1n2-c1ccc(-c2ccncc2)cn1. The highest BCUT2D eigenvalue weighted by Gasteiger charge is 2.16. The maximum Gasteiger partial charge on any atom is 0.158 e. The molecule has 132 valence electrons. The van der Waals surface area contributed by atoms with E-state index in [1.54, 1.807) is 18.7 Å². The van der Waals surface area contributed by atoms with Gasteiger partial charge in [-0.2, -0.15) is 0 Å². The molecule has 6 aromatic rings. The van der Waals surface area contributed by atoms with Crippen LogP contribution in [0.5, 0.6) is 0 Å². The summed E-state index contributed by atoms with van der Waals surface area (Å²) in [4.78, 5) is 8.88. The number of aromatic nitrogens is 3. The minimum atomic E-state index is 0.868. The Kier molecular flexibility index (Phi) is 3.14. The van der Waals surface area contributed by atoms with Crippen LogP contribution in [0.15, 0.2) is 96.0 Å². The third-order valence-corrected chi connectivity index (χ3v) is 5.24. The first-order valence-electron chi connectivity index (χ1n) is 9.16. The normalized spacial score (nSPS) is 11.6. The number of hydrogen-bond donors (Lipinski definition) is 0. The molecule has 0 N–H and O–H groups in total. The molecule has 0 saturated heterocycles. The minimum absolute atomic E-state index is 0.868. The van der Waals surface area contributed by atoms with Crippen molar-refractivity contribution >= 4 is 32.8 Å². The zero-order valence-corrected chi connectivity index (χ0v) is 14.9. The predicted molar refractivity (Wildman–Crippen MR) is 112 cm³/mol.